The Morgan fingerprint density at radius 3 is 2.50 bits per heavy atom. The second-order valence-corrected chi connectivity index (χ2v) is 3.10. The maximum absolute atomic E-state index is 11.7. The van der Waals surface area contributed by atoms with Crippen LogP contribution < -0.4 is 5.32 Å². The summed E-state index contributed by atoms with van der Waals surface area (Å²) >= 11 is 0. The highest BCUT2D eigenvalue weighted by molar-refractivity contribution is 5.76. The number of hydrogen-bond acceptors (Lipinski definition) is 2. The number of carbonyl (C=O) groups is 1. The number of nitrogens with one attached hydrogen (secondary N) is 1. The highest BCUT2D eigenvalue weighted by atomic mass is 19.4. The molecular formula is C8H14F3NO2. The van der Waals surface area contributed by atoms with Crippen LogP contribution in [-0.2, 0) is 4.79 Å². The first-order valence-electron chi connectivity index (χ1n) is 4.32. The number of hydrogen-bond donors (Lipinski definition) is 2. The molecule has 0 radical (unpaired) electrons. The third kappa shape index (κ3) is 7.85. The van der Waals surface area contributed by atoms with E-state index in [0.29, 0.717) is 6.42 Å². The summed E-state index contributed by atoms with van der Waals surface area (Å²) in [6.07, 6.45) is -5.61. The summed E-state index contributed by atoms with van der Waals surface area (Å²) in [5.41, 5.74) is 0. The first-order chi connectivity index (χ1) is 6.35. The zero-order valence-corrected chi connectivity index (χ0v) is 7.90. The summed E-state index contributed by atoms with van der Waals surface area (Å²) in [6.45, 7) is 1.53. The normalized spacial score (nSPS) is 13.8. The Kier molecular flexibility index (Phi) is 5.52. The highest BCUT2D eigenvalue weighted by Gasteiger charge is 2.27. The number of rotatable bonds is 5. The average Bonchev–Trinajstić information content (AvgIpc) is 2.00. The molecule has 3 nitrogen and oxygen atoms in total. The first-order valence-corrected chi connectivity index (χ1v) is 4.32. The van der Waals surface area contributed by atoms with Gasteiger partial charge < -0.3 is 10.4 Å². The van der Waals surface area contributed by atoms with Gasteiger partial charge in [-0.05, 0) is 13.3 Å². The summed E-state index contributed by atoms with van der Waals surface area (Å²) < 4.78 is 35.0. The number of carbonyl (C=O) groups excluding carboxylic acids is 1. The van der Waals surface area contributed by atoms with Crippen LogP contribution in [-0.4, -0.2) is 29.8 Å². The molecule has 2 N–H and O–H groups in total. The third-order valence-electron chi connectivity index (χ3n) is 1.61. The Morgan fingerprint density at radius 1 is 1.50 bits per heavy atom. The van der Waals surface area contributed by atoms with Gasteiger partial charge in [-0.25, -0.2) is 0 Å². The maximum atomic E-state index is 11.7. The molecular weight excluding hydrogens is 199 g/mol. The molecule has 0 aromatic rings. The van der Waals surface area contributed by atoms with Crippen molar-refractivity contribution in [2.75, 3.05) is 6.61 Å². The predicted octanol–water partition coefficient (Wildman–Crippen LogP) is 1.22. The van der Waals surface area contributed by atoms with E-state index >= 15 is 0 Å². The monoisotopic (exact) mass is 213 g/mol. The van der Waals surface area contributed by atoms with Gasteiger partial charge in [0.2, 0.25) is 5.91 Å². The molecule has 0 aliphatic rings. The van der Waals surface area contributed by atoms with Gasteiger partial charge in [0, 0.05) is 19.1 Å². The molecule has 0 rings (SSSR count). The standard InChI is InChI=1S/C8H14F3NO2/c1-6(3-5-13)12-7(14)2-4-8(9,10)11/h6,13H,2-5H2,1H3,(H,12,14). The van der Waals surface area contributed by atoms with E-state index in [0.717, 1.165) is 0 Å². The second-order valence-electron chi connectivity index (χ2n) is 3.10. The van der Waals surface area contributed by atoms with Crippen molar-refractivity contribution < 1.29 is 23.1 Å². The van der Waals surface area contributed by atoms with E-state index in [1.807, 2.05) is 0 Å². The number of alkyl halides is 3. The minimum absolute atomic E-state index is 0.0965. The lowest BCUT2D eigenvalue weighted by Gasteiger charge is -2.12. The van der Waals surface area contributed by atoms with Crippen LogP contribution in [0.2, 0.25) is 0 Å². The molecule has 0 bridgehead atoms. The lowest BCUT2D eigenvalue weighted by Crippen LogP contribution is -2.33. The lowest BCUT2D eigenvalue weighted by molar-refractivity contribution is -0.144. The second kappa shape index (κ2) is 5.85. The summed E-state index contributed by atoms with van der Waals surface area (Å²) in [6, 6.07) is -0.291. The van der Waals surface area contributed by atoms with Crippen molar-refractivity contribution in [2.24, 2.45) is 0 Å². The summed E-state index contributed by atoms with van der Waals surface area (Å²) in [5, 5.41) is 10.8. The Labute approximate surface area is 80.3 Å². The van der Waals surface area contributed by atoms with Crippen molar-refractivity contribution in [3.05, 3.63) is 0 Å². The molecule has 84 valence electrons. The van der Waals surface area contributed by atoms with E-state index in [9.17, 15) is 18.0 Å². The maximum Gasteiger partial charge on any atom is 0.389 e. The molecule has 6 heteroatoms. The quantitative estimate of drug-likeness (QED) is 0.721. The first kappa shape index (κ1) is 13.2. The number of aliphatic hydroxyl groups excluding tert-OH is 1. The molecule has 1 amide bonds. The molecule has 0 heterocycles. The molecule has 0 aliphatic carbocycles. The molecule has 0 aromatic heterocycles. The lowest BCUT2D eigenvalue weighted by atomic mass is 10.2. The summed E-state index contributed by atoms with van der Waals surface area (Å²) in [5.74, 6) is -0.636. The smallest absolute Gasteiger partial charge is 0.389 e. The Balaban J connectivity index is 3.65. The van der Waals surface area contributed by atoms with Crippen LogP contribution >= 0.6 is 0 Å². The van der Waals surface area contributed by atoms with Crippen LogP contribution in [0.1, 0.15) is 26.2 Å². The van der Waals surface area contributed by atoms with Gasteiger partial charge in [-0.15, -0.1) is 0 Å². The number of halogens is 3. The van der Waals surface area contributed by atoms with Gasteiger partial charge in [0.25, 0.3) is 0 Å². The van der Waals surface area contributed by atoms with Crippen LogP contribution in [0.4, 0.5) is 13.2 Å². The van der Waals surface area contributed by atoms with Crippen LogP contribution in [0.15, 0.2) is 0 Å². The molecule has 0 saturated carbocycles. The Bertz CT molecular complexity index is 182. The zero-order chi connectivity index (χ0) is 11.2. The fraction of sp³-hybridized carbons (Fsp3) is 0.875. The molecule has 1 unspecified atom stereocenters. The van der Waals surface area contributed by atoms with Crippen molar-refractivity contribution >= 4 is 5.91 Å². The van der Waals surface area contributed by atoms with E-state index in [-0.39, 0.29) is 12.6 Å². The topological polar surface area (TPSA) is 49.3 Å². The van der Waals surface area contributed by atoms with E-state index in [1.165, 1.54) is 0 Å². The van der Waals surface area contributed by atoms with Crippen molar-refractivity contribution in [1.82, 2.24) is 5.32 Å². The summed E-state index contributed by atoms with van der Waals surface area (Å²) in [7, 11) is 0. The SMILES string of the molecule is CC(CCO)NC(=O)CCC(F)(F)F. The zero-order valence-electron chi connectivity index (χ0n) is 7.90. The molecule has 14 heavy (non-hydrogen) atoms. The van der Waals surface area contributed by atoms with Gasteiger partial charge in [0.1, 0.15) is 0 Å². The van der Waals surface area contributed by atoms with Crippen LogP contribution in [0.3, 0.4) is 0 Å². The average molecular weight is 213 g/mol. The van der Waals surface area contributed by atoms with E-state index < -0.39 is 24.9 Å². The molecule has 0 spiro atoms. The minimum Gasteiger partial charge on any atom is -0.396 e. The summed E-state index contributed by atoms with van der Waals surface area (Å²) in [4.78, 5) is 10.9. The Hall–Kier alpha value is -0.780. The molecule has 0 aromatic carbocycles. The van der Waals surface area contributed by atoms with Crippen molar-refractivity contribution in [3.63, 3.8) is 0 Å². The fourth-order valence-corrected chi connectivity index (χ4v) is 0.868. The molecule has 1 atom stereocenters. The third-order valence-corrected chi connectivity index (χ3v) is 1.61. The minimum atomic E-state index is -4.29. The van der Waals surface area contributed by atoms with Gasteiger partial charge in [0.15, 0.2) is 0 Å². The van der Waals surface area contributed by atoms with Crippen molar-refractivity contribution in [3.8, 4) is 0 Å². The number of aliphatic hydroxyl groups is 1. The van der Waals surface area contributed by atoms with Gasteiger partial charge in [-0.1, -0.05) is 0 Å². The molecule has 0 aliphatic heterocycles. The fourth-order valence-electron chi connectivity index (χ4n) is 0.868. The predicted molar refractivity (Wildman–Crippen MR) is 44.6 cm³/mol. The number of amides is 1. The van der Waals surface area contributed by atoms with Gasteiger partial charge >= 0.3 is 6.18 Å². The van der Waals surface area contributed by atoms with E-state index in [4.69, 9.17) is 5.11 Å². The highest BCUT2D eigenvalue weighted by Crippen LogP contribution is 2.20. The van der Waals surface area contributed by atoms with Crippen LogP contribution in [0, 0.1) is 0 Å². The molecule has 0 saturated heterocycles. The van der Waals surface area contributed by atoms with Gasteiger partial charge in [0.05, 0.1) is 6.42 Å². The van der Waals surface area contributed by atoms with Crippen molar-refractivity contribution in [1.29, 1.82) is 0 Å². The van der Waals surface area contributed by atoms with Gasteiger partial charge in [-0.2, -0.15) is 13.2 Å². The van der Waals surface area contributed by atoms with Crippen molar-refractivity contribution in [2.45, 2.75) is 38.4 Å². The van der Waals surface area contributed by atoms with E-state index in [2.05, 4.69) is 5.32 Å². The van der Waals surface area contributed by atoms with Gasteiger partial charge in [-0.3, -0.25) is 4.79 Å². The largest absolute Gasteiger partial charge is 0.396 e. The van der Waals surface area contributed by atoms with E-state index in [1.54, 1.807) is 6.92 Å². The van der Waals surface area contributed by atoms with Crippen LogP contribution in [0.25, 0.3) is 0 Å². The Morgan fingerprint density at radius 2 is 2.07 bits per heavy atom. The van der Waals surface area contributed by atoms with Crippen LogP contribution in [0.5, 0.6) is 0 Å². The molecule has 0 fully saturated rings.